The molecule has 3 aromatic rings. The molecule has 1 aliphatic rings. The van der Waals surface area contributed by atoms with Crippen molar-refractivity contribution in [3.8, 4) is 0 Å². The van der Waals surface area contributed by atoms with Crippen molar-refractivity contribution in [3.05, 3.63) is 83.6 Å². The highest BCUT2D eigenvalue weighted by molar-refractivity contribution is 5.98. The minimum absolute atomic E-state index is 0.0425. The molecule has 0 spiro atoms. The van der Waals surface area contributed by atoms with E-state index in [2.05, 4.69) is 10.3 Å². The number of hydrogen-bond acceptors (Lipinski definition) is 4. The van der Waals surface area contributed by atoms with Gasteiger partial charge in [0.15, 0.2) is 0 Å². The summed E-state index contributed by atoms with van der Waals surface area (Å²) in [5.74, 6) is 0.700. The fourth-order valence-electron chi connectivity index (χ4n) is 2.92. The molecule has 0 saturated heterocycles. The molecule has 0 radical (unpaired) electrons. The molecule has 1 amide bonds. The molecule has 5 heteroatoms. The van der Waals surface area contributed by atoms with Crippen LogP contribution in [-0.4, -0.2) is 15.8 Å². The van der Waals surface area contributed by atoms with Crippen molar-refractivity contribution in [2.45, 2.75) is 19.6 Å². The molecule has 1 unspecified atom stereocenters. The van der Waals surface area contributed by atoms with Gasteiger partial charge in [-0.05, 0) is 43.3 Å². The number of carbonyl (C=O) groups is 1. The summed E-state index contributed by atoms with van der Waals surface area (Å²) in [4.78, 5) is 19.0. The van der Waals surface area contributed by atoms with E-state index in [9.17, 15) is 4.79 Å². The molecule has 0 aliphatic carbocycles. The van der Waals surface area contributed by atoms with Gasteiger partial charge in [-0.2, -0.15) is 0 Å². The fraction of sp³-hybridized carbons (Fsp3) is 0.158. The lowest BCUT2D eigenvalue weighted by Gasteiger charge is -2.25. The second-order valence-electron chi connectivity index (χ2n) is 5.86. The van der Waals surface area contributed by atoms with Crippen molar-refractivity contribution in [3.63, 3.8) is 0 Å². The third kappa shape index (κ3) is 2.54. The maximum atomic E-state index is 12.8. The van der Waals surface area contributed by atoms with Crippen LogP contribution in [-0.2, 0) is 6.54 Å². The molecule has 2 aromatic heterocycles. The van der Waals surface area contributed by atoms with Crippen LogP contribution in [0.15, 0.2) is 65.4 Å². The van der Waals surface area contributed by atoms with E-state index in [0.29, 0.717) is 12.1 Å². The van der Waals surface area contributed by atoms with Gasteiger partial charge in [0.25, 0.3) is 5.91 Å². The van der Waals surface area contributed by atoms with Crippen LogP contribution in [0.2, 0.25) is 0 Å². The summed E-state index contributed by atoms with van der Waals surface area (Å²) in [5.41, 5.74) is 3.51. The summed E-state index contributed by atoms with van der Waals surface area (Å²) >= 11 is 0. The van der Waals surface area contributed by atoms with E-state index >= 15 is 0 Å². The van der Waals surface area contributed by atoms with E-state index in [-0.39, 0.29) is 12.1 Å². The Morgan fingerprint density at radius 1 is 1.17 bits per heavy atom. The summed E-state index contributed by atoms with van der Waals surface area (Å²) in [7, 11) is 0. The van der Waals surface area contributed by atoms with Crippen LogP contribution in [0.25, 0.3) is 0 Å². The van der Waals surface area contributed by atoms with Gasteiger partial charge in [0, 0.05) is 11.9 Å². The van der Waals surface area contributed by atoms with Crippen molar-refractivity contribution >= 4 is 11.6 Å². The van der Waals surface area contributed by atoms with Crippen LogP contribution in [0.4, 0.5) is 5.69 Å². The monoisotopic (exact) mass is 319 g/mol. The summed E-state index contributed by atoms with van der Waals surface area (Å²) in [5, 5.41) is 3.42. The SMILES string of the molecule is Cc1ccc(NC2c3ncccc3C(=O)N2Cc2ccco2)cc1. The van der Waals surface area contributed by atoms with E-state index in [0.717, 1.165) is 17.1 Å². The first-order chi connectivity index (χ1) is 11.7. The fourth-order valence-corrected chi connectivity index (χ4v) is 2.92. The minimum Gasteiger partial charge on any atom is -0.467 e. The van der Waals surface area contributed by atoms with E-state index < -0.39 is 0 Å². The lowest BCUT2D eigenvalue weighted by atomic mass is 10.2. The first-order valence-electron chi connectivity index (χ1n) is 7.84. The molecule has 3 heterocycles. The van der Waals surface area contributed by atoms with E-state index in [4.69, 9.17) is 4.42 Å². The molecule has 5 nitrogen and oxygen atoms in total. The number of furan rings is 1. The minimum atomic E-state index is -0.318. The summed E-state index contributed by atoms with van der Waals surface area (Å²) < 4.78 is 5.41. The Morgan fingerprint density at radius 3 is 2.75 bits per heavy atom. The quantitative estimate of drug-likeness (QED) is 0.795. The zero-order valence-corrected chi connectivity index (χ0v) is 13.3. The third-order valence-electron chi connectivity index (χ3n) is 4.16. The zero-order chi connectivity index (χ0) is 16.5. The maximum absolute atomic E-state index is 12.8. The molecule has 1 aliphatic heterocycles. The van der Waals surface area contributed by atoms with Crippen molar-refractivity contribution in [1.82, 2.24) is 9.88 Å². The number of anilines is 1. The third-order valence-corrected chi connectivity index (χ3v) is 4.16. The lowest BCUT2D eigenvalue weighted by molar-refractivity contribution is 0.0714. The molecule has 1 aromatic carbocycles. The highest BCUT2D eigenvalue weighted by atomic mass is 16.3. The number of nitrogens with zero attached hydrogens (tertiary/aromatic N) is 2. The lowest BCUT2D eigenvalue weighted by Crippen LogP contribution is -2.31. The molecule has 0 bridgehead atoms. The number of hydrogen-bond donors (Lipinski definition) is 1. The number of aryl methyl sites for hydroxylation is 1. The summed E-state index contributed by atoms with van der Waals surface area (Å²) in [6.07, 6.45) is 3.01. The van der Waals surface area contributed by atoms with Gasteiger partial charge in [-0.15, -0.1) is 0 Å². The smallest absolute Gasteiger partial charge is 0.258 e. The van der Waals surface area contributed by atoms with E-state index in [1.807, 2.05) is 49.4 Å². The van der Waals surface area contributed by atoms with Crippen molar-refractivity contribution < 1.29 is 9.21 Å². The van der Waals surface area contributed by atoms with Gasteiger partial charge in [-0.1, -0.05) is 17.7 Å². The largest absolute Gasteiger partial charge is 0.467 e. The average molecular weight is 319 g/mol. The number of nitrogens with one attached hydrogen (secondary N) is 1. The Kier molecular flexibility index (Phi) is 3.54. The highest BCUT2D eigenvalue weighted by Gasteiger charge is 2.38. The number of carbonyl (C=O) groups excluding carboxylic acids is 1. The van der Waals surface area contributed by atoms with Gasteiger partial charge in [-0.3, -0.25) is 9.78 Å². The molecule has 1 atom stereocenters. The van der Waals surface area contributed by atoms with Gasteiger partial charge >= 0.3 is 0 Å². The number of pyridine rings is 1. The van der Waals surface area contributed by atoms with Crippen LogP contribution in [0.3, 0.4) is 0 Å². The van der Waals surface area contributed by atoms with Crippen LogP contribution in [0.1, 0.15) is 33.5 Å². The Hall–Kier alpha value is -3.08. The normalized spacial score (nSPS) is 16.3. The predicted molar refractivity (Wildman–Crippen MR) is 90.4 cm³/mol. The Bertz CT molecular complexity index is 857. The molecule has 1 N–H and O–H groups in total. The molecule has 120 valence electrons. The van der Waals surface area contributed by atoms with Gasteiger partial charge in [-0.25, -0.2) is 0 Å². The summed E-state index contributed by atoms with van der Waals surface area (Å²) in [6.45, 7) is 2.44. The van der Waals surface area contributed by atoms with Crippen molar-refractivity contribution in [2.75, 3.05) is 5.32 Å². The van der Waals surface area contributed by atoms with Crippen molar-refractivity contribution in [2.24, 2.45) is 0 Å². The molecule has 4 rings (SSSR count). The Balaban J connectivity index is 1.68. The standard InChI is InChI=1S/C19H17N3O2/c1-13-6-8-14(9-7-13)21-18-17-16(5-2-10-20-17)19(23)22(18)12-15-4-3-11-24-15/h2-11,18,21H,12H2,1H3. The van der Waals surface area contributed by atoms with E-state index in [1.54, 1.807) is 23.4 Å². The van der Waals surface area contributed by atoms with E-state index in [1.165, 1.54) is 5.56 Å². The number of amides is 1. The van der Waals surface area contributed by atoms with Crippen LogP contribution < -0.4 is 5.32 Å². The first-order valence-corrected chi connectivity index (χ1v) is 7.84. The second kappa shape index (κ2) is 5.85. The number of benzene rings is 1. The summed E-state index contributed by atoms with van der Waals surface area (Å²) in [6, 6.07) is 15.4. The van der Waals surface area contributed by atoms with Gasteiger partial charge in [0.05, 0.1) is 24.1 Å². The molecule has 0 saturated carbocycles. The average Bonchev–Trinajstić information content (AvgIpc) is 3.20. The molecular weight excluding hydrogens is 302 g/mol. The number of aromatic nitrogens is 1. The Labute approximate surface area is 139 Å². The maximum Gasteiger partial charge on any atom is 0.258 e. The topological polar surface area (TPSA) is 58.4 Å². The van der Waals surface area contributed by atoms with Crippen LogP contribution in [0, 0.1) is 6.92 Å². The Morgan fingerprint density at radius 2 is 2.00 bits per heavy atom. The van der Waals surface area contributed by atoms with Crippen molar-refractivity contribution in [1.29, 1.82) is 0 Å². The predicted octanol–water partition coefficient (Wildman–Crippen LogP) is 3.75. The second-order valence-corrected chi connectivity index (χ2v) is 5.86. The van der Waals surface area contributed by atoms with Crippen LogP contribution >= 0.6 is 0 Å². The van der Waals surface area contributed by atoms with Gasteiger partial charge in [0.1, 0.15) is 11.9 Å². The first kappa shape index (κ1) is 14.5. The number of rotatable bonds is 4. The van der Waals surface area contributed by atoms with Crippen LogP contribution in [0.5, 0.6) is 0 Å². The van der Waals surface area contributed by atoms with Gasteiger partial charge in [0.2, 0.25) is 0 Å². The molecule has 24 heavy (non-hydrogen) atoms. The molecule has 0 fully saturated rings. The number of fused-ring (bicyclic) bond motifs is 1. The molecular formula is C19H17N3O2. The zero-order valence-electron chi connectivity index (χ0n) is 13.3. The van der Waals surface area contributed by atoms with Gasteiger partial charge < -0.3 is 14.6 Å². The highest BCUT2D eigenvalue weighted by Crippen LogP contribution is 2.34.